The van der Waals surface area contributed by atoms with Crippen molar-refractivity contribution in [2.75, 3.05) is 59.2 Å². The first-order chi connectivity index (χ1) is 11.7. The molecule has 6 nitrogen and oxygen atoms in total. The monoisotopic (exact) mass is 332 g/mol. The molecule has 1 aromatic carbocycles. The predicted molar refractivity (Wildman–Crippen MR) is 95.2 cm³/mol. The van der Waals surface area contributed by atoms with Crippen molar-refractivity contribution in [3.63, 3.8) is 0 Å². The summed E-state index contributed by atoms with van der Waals surface area (Å²) in [6.45, 7) is 9.33. The van der Waals surface area contributed by atoms with Crippen LogP contribution in [0.25, 0.3) is 0 Å². The highest BCUT2D eigenvalue weighted by molar-refractivity contribution is 5.78. The quantitative estimate of drug-likeness (QED) is 0.659. The molecule has 2 N–H and O–H groups in total. The predicted octanol–water partition coefficient (Wildman–Crippen LogP) is 1.02. The molecule has 1 atom stereocenters. The SMILES string of the molecule is Cc1cccc(C(CN=C(N)N2CCOCC2)N2CCOCC2)c1. The van der Waals surface area contributed by atoms with Gasteiger partial charge in [-0.05, 0) is 12.5 Å². The zero-order valence-corrected chi connectivity index (χ0v) is 14.5. The summed E-state index contributed by atoms with van der Waals surface area (Å²) in [7, 11) is 0. The van der Waals surface area contributed by atoms with E-state index < -0.39 is 0 Å². The Morgan fingerprint density at radius 3 is 2.46 bits per heavy atom. The molecule has 2 fully saturated rings. The van der Waals surface area contributed by atoms with Crippen LogP contribution in [0.5, 0.6) is 0 Å². The van der Waals surface area contributed by atoms with Crippen LogP contribution in [-0.4, -0.2) is 74.9 Å². The Kier molecular flexibility index (Phi) is 6.07. The number of hydrogen-bond donors (Lipinski definition) is 1. The van der Waals surface area contributed by atoms with Gasteiger partial charge < -0.3 is 20.1 Å². The van der Waals surface area contributed by atoms with Crippen molar-refractivity contribution in [1.29, 1.82) is 0 Å². The number of hydrogen-bond acceptors (Lipinski definition) is 4. The second kappa shape index (κ2) is 8.46. The molecule has 0 spiro atoms. The average Bonchev–Trinajstić information content (AvgIpc) is 2.63. The number of guanidine groups is 1. The summed E-state index contributed by atoms with van der Waals surface area (Å²) in [5.74, 6) is 0.629. The zero-order chi connectivity index (χ0) is 16.8. The molecule has 2 aliphatic rings. The van der Waals surface area contributed by atoms with Gasteiger partial charge in [0.25, 0.3) is 0 Å². The second-order valence-corrected chi connectivity index (χ2v) is 6.38. The van der Waals surface area contributed by atoms with E-state index in [2.05, 4.69) is 41.0 Å². The molecule has 0 radical (unpaired) electrons. The van der Waals surface area contributed by atoms with Crippen LogP contribution in [0.2, 0.25) is 0 Å². The Bertz CT molecular complexity index is 552. The first-order valence-corrected chi connectivity index (χ1v) is 8.75. The highest BCUT2D eigenvalue weighted by Crippen LogP contribution is 2.23. The first-order valence-electron chi connectivity index (χ1n) is 8.75. The lowest BCUT2D eigenvalue weighted by molar-refractivity contribution is 0.0178. The number of aryl methyl sites for hydroxylation is 1. The fourth-order valence-electron chi connectivity index (χ4n) is 3.27. The van der Waals surface area contributed by atoms with E-state index in [0.717, 1.165) is 52.6 Å². The molecule has 0 saturated carbocycles. The fraction of sp³-hybridized carbons (Fsp3) is 0.611. The Morgan fingerprint density at radius 2 is 1.79 bits per heavy atom. The summed E-state index contributed by atoms with van der Waals surface area (Å²) in [5.41, 5.74) is 8.79. The van der Waals surface area contributed by atoms with Crippen molar-refractivity contribution in [2.45, 2.75) is 13.0 Å². The smallest absolute Gasteiger partial charge is 0.191 e. The molecule has 3 rings (SSSR count). The lowest BCUT2D eigenvalue weighted by Gasteiger charge is -2.34. The third-order valence-electron chi connectivity index (χ3n) is 4.67. The van der Waals surface area contributed by atoms with Crippen molar-refractivity contribution in [3.05, 3.63) is 35.4 Å². The van der Waals surface area contributed by atoms with Gasteiger partial charge in [0.1, 0.15) is 0 Å². The highest BCUT2D eigenvalue weighted by atomic mass is 16.5. The van der Waals surface area contributed by atoms with Crippen LogP contribution < -0.4 is 5.73 Å². The van der Waals surface area contributed by atoms with E-state index in [4.69, 9.17) is 20.2 Å². The number of benzene rings is 1. The Balaban J connectivity index is 1.73. The largest absolute Gasteiger partial charge is 0.379 e. The van der Waals surface area contributed by atoms with Gasteiger partial charge in [0.2, 0.25) is 0 Å². The van der Waals surface area contributed by atoms with Gasteiger partial charge in [-0.15, -0.1) is 0 Å². The third-order valence-corrected chi connectivity index (χ3v) is 4.67. The first kappa shape index (κ1) is 17.2. The van der Waals surface area contributed by atoms with Crippen molar-refractivity contribution in [1.82, 2.24) is 9.80 Å². The van der Waals surface area contributed by atoms with Crippen LogP contribution in [0.15, 0.2) is 29.3 Å². The molecule has 2 heterocycles. The van der Waals surface area contributed by atoms with Crippen molar-refractivity contribution in [2.24, 2.45) is 10.7 Å². The molecule has 0 amide bonds. The minimum absolute atomic E-state index is 0.244. The fourth-order valence-corrected chi connectivity index (χ4v) is 3.27. The van der Waals surface area contributed by atoms with Crippen molar-refractivity contribution < 1.29 is 9.47 Å². The van der Waals surface area contributed by atoms with Crippen LogP contribution >= 0.6 is 0 Å². The Morgan fingerprint density at radius 1 is 1.12 bits per heavy atom. The number of nitrogens with zero attached hydrogens (tertiary/aromatic N) is 3. The minimum atomic E-state index is 0.244. The molecular formula is C18H28N4O2. The maximum absolute atomic E-state index is 6.21. The van der Waals surface area contributed by atoms with Crippen molar-refractivity contribution in [3.8, 4) is 0 Å². The zero-order valence-electron chi connectivity index (χ0n) is 14.5. The van der Waals surface area contributed by atoms with Gasteiger partial charge in [0, 0.05) is 26.2 Å². The van der Waals surface area contributed by atoms with Crippen LogP contribution in [-0.2, 0) is 9.47 Å². The number of rotatable bonds is 4. The van der Waals surface area contributed by atoms with Gasteiger partial charge in [-0.25, -0.2) is 0 Å². The molecule has 2 saturated heterocycles. The number of aliphatic imine (C=N–C) groups is 1. The average molecular weight is 332 g/mol. The van der Waals surface area contributed by atoms with E-state index >= 15 is 0 Å². The molecule has 1 aromatic rings. The van der Waals surface area contributed by atoms with E-state index in [1.807, 2.05) is 0 Å². The van der Waals surface area contributed by atoms with Crippen LogP contribution in [0.4, 0.5) is 0 Å². The summed E-state index contributed by atoms with van der Waals surface area (Å²) < 4.78 is 10.9. The third kappa shape index (κ3) is 4.47. The summed E-state index contributed by atoms with van der Waals surface area (Å²) in [5, 5.41) is 0. The highest BCUT2D eigenvalue weighted by Gasteiger charge is 2.23. The lowest BCUT2D eigenvalue weighted by atomic mass is 10.0. The molecule has 0 bridgehead atoms. The summed E-state index contributed by atoms with van der Waals surface area (Å²) in [6.07, 6.45) is 0. The van der Waals surface area contributed by atoms with Crippen LogP contribution in [0.1, 0.15) is 17.2 Å². The van der Waals surface area contributed by atoms with E-state index in [1.54, 1.807) is 0 Å². The molecule has 0 aliphatic carbocycles. The molecule has 6 heteroatoms. The number of nitrogens with two attached hydrogens (primary N) is 1. The second-order valence-electron chi connectivity index (χ2n) is 6.38. The van der Waals surface area contributed by atoms with Gasteiger partial charge in [0.05, 0.1) is 39.0 Å². The lowest BCUT2D eigenvalue weighted by Crippen LogP contribution is -2.45. The van der Waals surface area contributed by atoms with Gasteiger partial charge >= 0.3 is 0 Å². The number of morpholine rings is 2. The van der Waals surface area contributed by atoms with Gasteiger partial charge in [-0.2, -0.15) is 0 Å². The van der Waals surface area contributed by atoms with E-state index in [9.17, 15) is 0 Å². The summed E-state index contributed by atoms with van der Waals surface area (Å²) in [4.78, 5) is 9.27. The standard InChI is InChI=1S/C18H28N4O2/c1-15-3-2-4-16(13-15)17(21-5-9-23-10-6-21)14-20-18(19)22-7-11-24-12-8-22/h2-4,13,17H,5-12,14H2,1H3,(H2,19,20). The van der Waals surface area contributed by atoms with Gasteiger partial charge in [-0.1, -0.05) is 29.8 Å². The molecule has 132 valence electrons. The molecule has 2 aliphatic heterocycles. The minimum Gasteiger partial charge on any atom is -0.379 e. The Hall–Kier alpha value is -1.63. The molecule has 24 heavy (non-hydrogen) atoms. The van der Waals surface area contributed by atoms with E-state index in [1.165, 1.54) is 11.1 Å². The van der Waals surface area contributed by atoms with Crippen molar-refractivity contribution >= 4 is 5.96 Å². The molecular weight excluding hydrogens is 304 g/mol. The van der Waals surface area contributed by atoms with Gasteiger partial charge in [0.15, 0.2) is 5.96 Å². The maximum atomic E-state index is 6.21. The van der Waals surface area contributed by atoms with E-state index in [-0.39, 0.29) is 6.04 Å². The van der Waals surface area contributed by atoms with Crippen LogP contribution in [0.3, 0.4) is 0 Å². The number of ether oxygens (including phenoxy) is 2. The van der Waals surface area contributed by atoms with Crippen LogP contribution in [0, 0.1) is 6.92 Å². The maximum Gasteiger partial charge on any atom is 0.191 e. The summed E-state index contributed by atoms with van der Waals surface area (Å²) in [6, 6.07) is 8.93. The van der Waals surface area contributed by atoms with Gasteiger partial charge in [-0.3, -0.25) is 9.89 Å². The Labute approximate surface area is 144 Å². The molecule has 0 aromatic heterocycles. The van der Waals surface area contributed by atoms with E-state index in [0.29, 0.717) is 12.5 Å². The molecule has 1 unspecified atom stereocenters. The normalized spacial score (nSPS) is 21.7. The summed E-state index contributed by atoms with van der Waals surface area (Å²) >= 11 is 0. The topological polar surface area (TPSA) is 63.3 Å².